The third kappa shape index (κ3) is 4.97. The van der Waals surface area contributed by atoms with Gasteiger partial charge < -0.3 is 10.1 Å². The number of ether oxygens (including phenoxy) is 1. The number of hydrogen-bond donors (Lipinski definition) is 1. The first-order valence-electron chi connectivity index (χ1n) is 6.19. The number of benzene rings is 1. The first-order chi connectivity index (χ1) is 8.02. The smallest absolute Gasteiger partial charge is 0.138 e. The van der Waals surface area contributed by atoms with Crippen molar-refractivity contribution < 1.29 is 4.74 Å². The fourth-order valence-electron chi connectivity index (χ4n) is 1.47. The third-order valence-corrected chi connectivity index (χ3v) is 3.08. The van der Waals surface area contributed by atoms with Gasteiger partial charge >= 0.3 is 0 Å². The molecule has 0 bridgehead atoms. The van der Waals surface area contributed by atoms with Gasteiger partial charge in [-0.1, -0.05) is 24.6 Å². The van der Waals surface area contributed by atoms with Gasteiger partial charge in [0.2, 0.25) is 0 Å². The SMILES string of the molecule is CCC(C)NCC(C)Oc1ccc(C)cc1Cl. The van der Waals surface area contributed by atoms with Gasteiger partial charge in [-0.05, 0) is 44.9 Å². The van der Waals surface area contributed by atoms with E-state index in [2.05, 4.69) is 19.2 Å². The van der Waals surface area contributed by atoms with Gasteiger partial charge in [0, 0.05) is 12.6 Å². The Morgan fingerprint density at radius 2 is 2.06 bits per heavy atom. The van der Waals surface area contributed by atoms with Crippen LogP contribution in [0.2, 0.25) is 5.02 Å². The Labute approximate surface area is 109 Å². The minimum Gasteiger partial charge on any atom is -0.488 e. The van der Waals surface area contributed by atoms with E-state index in [0.29, 0.717) is 11.1 Å². The van der Waals surface area contributed by atoms with E-state index in [0.717, 1.165) is 24.3 Å². The molecule has 2 nitrogen and oxygen atoms in total. The molecule has 1 aromatic rings. The molecule has 0 aliphatic carbocycles. The predicted octanol–water partition coefficient (Wildman–Crippen LogP) is 3.80. The van der Waals surface area contributed by atoms with E-state index >= 15 is 0 Å². The quantitative estimate of drug-likeness (QED) is 0.835. The van der Waals surface area contributed by atoms with Gasteiger partial charge in [0.15, 0.2) is 0 Å². The maximum atomic E-state index is 6.12. The zero-order valence-electron chi connectivity index (χ0n) is 11.1. The summed E-state index contributed by atoms with van der Waals surface area (Å²) in [4.78, 5) is 0. The van der Waals surface area contributed by atoms with Crippen LogP contribution >= 0.6 is 11.6 Å². The van der Waals surface area contributed by atoms with E-state index in [1.807, 2.05) is 32.0 Å². The molecule has 0 aromatic heterocycles. The summed E-state index contributed by atoms with van der Waals surface area (Å²) < 4.78 is 5.80. The van der Waals surface area contributed by atoms with Crippen molar-refractivity contribution >= 4 is 11.6 Å². The first-order valence-corrected chi connectivity index (χ1v) is 6.57. The average molecular weight is 256 g/mol. The van der Waals surface area contributed by atoms with Crippen LogP contribution in [-0.4, -0.2) is 18.7 Å². The fourth-order valence-corrected chi connectivity index (χ4v) is 1.75. The fraction of sp³-hybridized carbons (Fsp3) is 0.571. The molecule has 0 saturated heterocycles. The summed E-state index contributed by atoms with van der Waals surface area (Å²) in [7, 11) is 0. The monoisotopic (exact) mass is 255 g/mol. The number of hydrogen-bond acceptors (Lipinski definition) is 2. The molecule has 2 unspecified atom stereocenters. The standard InChI is InChI=1S/C14H22ClNO/c1-5-11(3)16-9-12(4)17-14-7-6-10(2)8-13(14)15/h6-8,11-12,16H,5,9H2,1-4H3. The highest BCUT2D eigenvalue weighted by atomic mass is 35.5. The molecule has 0 amide bonds. The summed E-state index contributed by atoms with van der Waals surface area (Å²) in [5, 5.41) is 4.10. The van der Waals surface area contributed by atoms with E-state index in [-0.39, 0.29) is 6.10 Å². The Hall–Kier alpha value is -0.730. The van der Waals surface area contributed by atoms with Crippen molar-refractivity contribution in [3.63, 3.8) is 0 Å². The molecule has 1 aromatic carbocycles. The lowest BCUT2D eigenvalue weighted by atomic mass is 10.2. The van der Waals surface area contributed by atoms with Crippen molar-refractivity contribution in [1.29, 1.82) is 0 Å². The van der Waals surface area contributed by atoms with Crippen molar-refractivity contribution in [2.75, 3.05) is 6.54 Å². The zero-order valence-corrected chi connectivity index (χ0v) is 11.8. The highest BCUT2D eigenvalue weighted by Crippen LogP contribution is 2.25. The van der Waals surface area contributed by atoms with E-state index in [1.54, 1.807) is 0 Å². The summed E-state index contributed by atoms with van der Waals surface area (Å²) in [6.45, 7) is 9.24. The molecule has 0 fully saturated rings. The maximum absolute atomic E-state index is 6.12. The van der Waals surface area contributed by atoms with Crippen molar-refractivity contribution in [2.24, 2.45) is 0 Å². The molecule has 0 heterocycles. The van der Waals surface area contributed by atoms with Gasteiger partial charge in [0.25, 0.3) is 0 Å². The van der Waals surface area contributed by atoms with Gasteiger partial charge in [-0.3, -0.25) is 0 Å². The van der Waals surface area contributed by atoms with Gasteiger partial charge in [0.05, 0.1) is 5.02 Å². The van der Waals surface area contributed by atoms with Gasteiger partial charge in [0.1, 0.15) is 11.9 Å². The number of rotatable bonds is 6. The van der Waals surface area contributed by atoms with Crippen LogP contribution < -0.4 is 10.1 Å². The summed E-state index contributed by atoms with van der Waals surface area (Å²) in [5.41, 5.74) is 1.15. The van der Waals surface area contributed by atoms with E-state index < -0.39 is 0 Å². The van der Waals surface area contributed by atoms with Gasteiger partial charge in [-0.2, -0.15) is 0 Å². The second-order valence-corrected chi connectivity index (χ2v) is 4.99. The van der Waals surface area contributed by atoms with Crippen molar-refractivity contribution in [3.05, 3.63) is 28.8 Å². The molecular weight excluding hydrogens is 234 g/mol. The molecule has 1 rings (SSSR count). The molecule has 1 N–H and O–H groups in total. The van der Waals surface area contributed by atoms with Crippen LogP contribution in [0, 0.1) is 6.92 Å². The van der Waals surface area contributed by atoms with E-state index in [4.69, 9.17) is 16.3 Å². The Bertz CT molecular complexity index is 354. The summed E-state index contributed by atoms with van der Waals surface area (Å²) >= 11 is 6.12. The second-order valence-electron chi connectivity index (χ2n) is 4.58. The molecule has 3 heteroatoms. The number of halogens is 1. The van der Waals surface area contributed by atoms with Crippen LogP contribution in [0.3, 0.4) is 0 Å². The minimum absolute atomic E-state index is 0.115. The predicted molar refractivity (Wildman–Crippen MR) is 74.0 cm³/mol. The Morgan fingerprint density at radius 3 is 2.65 bits per heavy atom. The van der Waals surface area contributed by atoms with E-state index in [9.17, 15) is 0 Å². The van der Waals surface area contributed by atoms with Crippen LogP contribution in [0.25, 0.3) is 0 Å². The second kappa shape index (κ2) is 6.87. The maximum Gasteiger partial charge on any atom is 0.138 e. The highest BCUT2D eigenvalue weighted by Gasteiger charge is 2.08. The van der Waals surface area contributed by atoms with Crippen LogP contribution in [-0.2, 0) is 0 Å². The first kappa shape index (κ1) is 14.3. The minimum atomic E-state index is 0.115. The number of nitrogens with one attached hydrogen (secondary N) is 1. The lowest BCUT2D eigenvalue weighted by Crippen LogP contribution is -2.34. The van der Waals surface area contributed by atoms with Crippen molar-refractivity contribution in [1.82, 2.24) is 5.32 Å². The zero-order chi connectivity index (χ0) is 12.8. The molecule has 2 atom stereocenters. The molecular formula is C14H22ClNO. The van der Waals surface area contributed by atoms with Crippen LogP contribution in [0.1, 0.15) is 32.8 Å². The Balaban J connectivity index is 2.47. The van der Waals surface area contributed by atoms with Gasteiger partial charge in [-0.25, -0.2) is 0 Å². The molecule has 0 aliphatic heterocycles. The molecule has 0 radical (unpaired) electrons. The lowest BCUT2D eigenvalue weighted by molar-refractivity contribution is 0.212. The molecule has 17 heavy (non-hydrogen) atoms. The average Bonchev–Trinajstić information content (AvgIpc) is 2.29. The topological polar surface area (TPSA) is 21.3 Å². The normalized spacial score (nSPS) is 14.4. The van der Waals surface area contributed by atoms with Crippen LogP contribution in [0.4, 0.5) is 0 Å². The molecule has 0 spiro atoms. The third-order valence-electron chi connectivity index (χ3n) is 2.78. The Morgan fingerprint density at radius 1 is 1.35 bits per heavy atom. The Kier molecular flexibility index (Phi) is 5.79. The highest BCUT2D eigenvalue weighted by molar-refractivity contribution is 6.32. The summed E-state index contributed by atoms with van der Waals surface area (Å²) in [6.07, 6.45) is 1.24. The van der Waals surface area contributed by atoms with E-state index in [1.165, 1.54) is 0 Å². The lowest BCUT2D eigenvalue weighted by Gasteiger charge is -2.19. The van der Waals surface area contributed by atoms with Crippen molar-refractivity contribution in [3.8, 4) is 5.75 Å². The summed E-state index contributed by atoms with van der Waals surface area (Å²) in [5.74, 6) is 0.760. The number of aryl methyl sites for hydroxylation is 1. The van der Waals surface area contributed by atoms with Gasteiger partial charge in [-0.15, -0.1) is 0 Å². The molecule has 0 saturated carbocycles. The molecule has 96 valence electrons. The van der Waals surface area contributed by atoms with Crippen molar-refractivity contribution in [2.45, 2.75) is 46.3 Å². The summed E-state index contributed by atoms with van der Waals surface area (Å²) in [6, 6.07) is 6.38. The van der Waals surface area contributed by atoms with Crippen LogP contribution in [0.5, 0.6) is 5.75 Å². The largest absolute Gasteiger partial charge is 0.488 e. The van der Waals surface area contributed by atoms with Crippen LogP contribution in [0.15, 0.2) is 18.2 Å². The molecule has 0 aliphatic rings.